The summed E-state index contributed by atoms with van der Waals surface area (Å²) in [6.07, 6.45) is 0. The first kappa shape index (κ1) is 22.8. The number of ether oxygens (including phenoxy) is 5. The molecule has 0 unspecified atom stereocenters. The van der Waals surface area contributed by atoms with Crippen LogP contribution in [0.25, 0.3) is 5.57 Å². The third-order valence-electron chi connectivity index (χ3n) is 3.44. The topological polar surface area (TPSA) is 66.4 Å². The van der Waals surface area contributed by atoms with E-state index in [4.69, 9.17) is 28.8 Å². The second-order valence-corrected chi connectivity index (χ2v) is 5.70. The molecule has 0 amide bonds. The number of aliphatic hydroxyl groups excluding tert-OH is 1. The number of rotatable bonds is 17. The normalized spacial score (nSPS) is 11.0. The van der Waals surface area contributed by atoms with Crippen molar-refractivity contribution in [3.05, 3.63) is 42.0 Å². The van der Waals surface area contributed by atoms with Gasteiger partial charge < -0.3 is 28.8 Å². The fourth-order valence-electron chi connectivity index (χ4n) is 2.02. The van der Waals surface area contributed by atoms with E-state index in [-0.39, 0.29) is 6.61 Å². The molecule has 6 nitrogen and oxygen atoms in total. The molecule has 0 spiro atoms. The molecular formula is C20H32O6. The zero-order chi connectivity index (χ0) is 18.9. The molecule has 0 fully saturated rings. The Kier molecular flexibility index (Phi) is 13.9. The largest absolute Gasteiger partial charge is 0.394 e. The van der Waals surface area contributed by atoms with E-state index in [1.807, 2.05) is 6.92 Å². The molecule has 0 heterocycles. The van der Waals surface area contributed by atoms with Crippen LogP contribution in [0.2, 0.25) is 0 Å². The van der Waals surface area contributed by atoms with Crippen LogP contribution in [0, 0.1) is 0 Å². The van der Waals surface area contributed by atoms with Crippen LogP contribution in [0.15, 0.2) is 30.8 Å². The van der Waals surface area contributed by atoms with Crippen molar-refractivity contribution in [2.24, 2.45) is 0 Å². The Bertz CT molecular complexity index is 460. The molecule has 0 aromatic heterocycles. The van der Waals surface area contributed by atoms with Crippen molar-refractivity contribution >= 4 is 5.57 Å². The number of allylic oxidation sites excluding steroid dienone is 1. The predicted octanol–water partition coefficient (Wildman–Crippen LogP) is 2.29. The van der Waals surface area contributed by atoms with Crippen molar-refractivity contribution in [3.63, 3.8) is 0 Å². The summed E-state index contributed by atoms with van der Waals surface area (Å²) in [6.45, 7) is 11.1. The van der Waals surface area contributed by atoms with Gasteiger partial charge in [-0.15, -0.1) is 0 Å². The average molecular weight is 368 g/mol. The van der Waals surface area contributed by atoms with Crippen LogP contribution in [-0.4, -0.2) is 71.2 Å². The van der Waals surface area contributed by atoms with Crippen LogP contribution in [0.3, 0.4) is 0 Å². The van der Waals surface area contributed by atoms with E-state index < -0.39 is 0 Å². The van der Waals surface area contributed by atoms with Gasteiger partial charge in [0.15, 0.2) is 0 Å². The molecule has 1 N–H and O–H groups in total. The van der Waals surface area contributed by atoms with Crippen molar-refractivity contribution in [1.29, 1.82) is 0 Å². The molecule has 26 heavy (non-hydrogen) atoms. The van der Waals surface area contributed by atoms with Gasteiger partial charge in [-0.05, 0) is 18.1 Å². The quantitative estimate of drug-likeness (QED) is 0.426. The molecule has 0 radical (unpaired) electrons. The molecule has 0 saturated heterocycles. The molecular weight excluding hydrogens is 336 g/mol. The van der Waals surface area contributed by atoms with Gasteiger partial charge in [0.2, 0.25) is 0 Å². The molecule has 6 heteroatoms. The van der Waals surface area contributed by atoms with Gasteiger partial charge in [0.25, 0.3) is 0 Å². The lowest BCUT2D eigenvalue weighted by atomic mass is 10.1. The van der Waals surface area contributed by atoms with Gasteiger partial charge in [-0.25, -0.2) is 0 Å². The highest BCUT2D eigenvalue weighted by atomic mass is 16.6. The van der Waals surface area contributed by atoms with Gasteiger partial charge in [-0.3, -0.25) is 0 Å². The van der Waals surface area contributed by atoms with E-state index in [2.05, 4.69) is 30.8 Å². The summed E-state index contributed by atoms with van der Waals surface area (Å²) < 4.78 is 26.8. The van der Waals surface area contributed by atoms with Crippen molar-refractivity contribution in [1.82, 2.24) is 0 Å². The zero-order valence-electron chi connectivity index (χ0n) is 15.8. The summed E-state index contributed by atoms with van der Waals surface area (Å²) in [5, 5.41) is 8.53. The van der Waals surface area contributed by atoms with Gasteiger partial charge in [-0.2, -0.15) is 0 Å². The fourth-order valence-corrected chi connectivity index (χ4v) is 2.02. The minimum atomic E-state index is 0.0384. The predicted molar refractivity (Wildman–Crippen MR) is 101 cm³/mol. The van der Waals surface area contributed by atoms with Crippen LogP contribution in [0.1, 0.15) is 18.1 Å². The first-order valence-corrected chi connectivity index (χ1v) is 8.98. The minimum absolute atomic E-state index is 0.0384. The summed E-state index contributed by atoms with van der Waals surface area (Å²) in [7, 11) is 0. The van der Waals surface area contributed by atoms with E-state index in [1.165, 1.54) is 0 Å². The number of benzene rings is 1. The summed E-state index contributed by atoms with van der Waals surface area (Å²) in [6, 6.07) is 8.22. The standard InChI is InChI=1S/C20H32O6/c1-18(2)20-5-3-19(4-6-20)17-26-16-15-25-14-13-24-12-11-23-10-9-22-8-7-21/h3-6,21H,1,7-17H2,2H3. The fraction of sp³-hybridized carbons (Fsp3) is 0.600. The lowest BCUT2D eigenvalue weighted by Gasteiger charge is -2.08. The lowest BCUT2D eigenvalue weighted by molar-refractivity contribution is -0.0145. The summed E-state index contributed by atoms with van der Waals surface area (Å²) in [4.78, 5) is 0. The monoisotopic (exact) mass is 368 g/mol. The highest BCUT2D eigenvalue weighted by Gasteiger charge is 1.97. The molecule has 0 aliphatic carbocycles. The maximum Gasteiger partial charge on any atom is 0.0718 e. The Morgan fingerprint density at radius 3 is 1.58 bits per heavy atom. The molecule has 0 atom stereocenters. The summed E-state index contributed by atoms with van der Waals surface area (Å²) in [5.41, 5.74) is 3.35. The van der Waals surface area contributed by atoms with Crippen LogP contribution < -0.4 is 0 Å². The molecule has 0 bridgehead atoms. The Labute approximate surface area is 156 Å². The van der Waals surface area contributed by atoms with E-state index in [1.54, 1.807) is 0 Å². The SMILES string of the molecule is C=C(C)c1ccc(COCCOCCOCCOCCOCCO)cc1. The number of aliphatic hydroxyl groups is 1. The molecule has 0 aliphatic rings. The zero-order valence-corrected chi connectivity index (χ0v) is 15.8. The third kappa shape index (κ3) is 12.1. The minimum Gasteiger partial charge on any atom is -0.394 e. The highest BCUT2D eigenvalue weighted by molar-refractivity contribution is 5.61. The second-order valence-electron chi connectivity index (χ2n) is 5.70. The molecule has 148 valence electrons. The Morgan fingerprint density at radius 1 is 0.731 bits per heavy atom. The Balaban J connectivity index is 1.83. The average Bonchev–Trinajstić information content (AvgIpc) is 2.65. The van der Waals surface area contributed by atoms with Crippen LogP contribution in [0.4, 0.5) is 0 Å². The van der Waals surface area contributed by atoms with Gasteiger partial charge in [0, 0.05) is 0 Å². The van der Waals surface area contributed by atoms with Crippen molar-refractivity contribution in [2.45, 2.75) is 13.5 Å². The van der Waals surface area contributed by atoms with Gasteiger partial charge in [0.1, 0.15) is 0 Å². The maximum atomic E-state index is 8.53. The van der Waals surface area contributed by atoms with Gasteiger partial charge in [-0.1, -0.05) is 36.4 Å². The summed E-state index contributed by atoms with van der Waals surface area (Å²) >= 11 is 0. The first-order valence-electron chi connectivity index (χ1n) is 8.98. The highest BCUT2D eigenvalue weighted by Crippen LogP contribution is 2.12. The lowest BCUT2D eigenvalue weighted by Crippen LogP contribution is -2.13. The second kappa shape index (κ2) is 15.9. The van der Waals surface area contributed by atoms with E-state index >= 15 is 0 Å². The van der Waals surface area contributed by atoms with Crippen LogP contribution in [0.5, 0.6) is 0 Å². The Hall–Kier alpha value is -1.28. The molecule has 0 saturated carbocycles. The van der Waals surface area contributed by atoms with E-state index in [0.29, 0.717) is 66.1 Å². The van der Waals surface area contributed by atoms with Crippen molar-refractivity contribution < 1.29 is 28.8 Å². The molecule has 1 rings (SSSR count). The third-order valence-corrected chi connectivity index (χ3v) is 3.44. The van der Waals surface area contributed by atoms with Gasteiger partial charge >= 0.3 is 0 Å². The maximum absolute atomic E-state index is 8.53. The molecule has 0 aliphatic heterocycles. The van der Waals surface area contributed by atoms with Crippen molar-refractivity contribution in [3.8, 4) is 0 Å². The number of hydrogen-bond donors (Lipinski definition) is 1. The van der Waals surface area contributed by atoms with Crippen LogP contribution in [-0.2, 0) is 30.3 Å². The molecule has 1 aromatic carbocycles. The summed E-state index contributed by atoms with van der Waals surface area (Å²) in [5.74, 6) is 0. The van der Waals surface area contributed by atoms with Crippen molar-refractivity contribution in [2.75, 3.05) is 66.1 Å². The molecule has 1 aromatic rings. The smallest absolute Gasteiger partial charge is 0.0718 e. The number of hydrogen-bond acceptors (Lipinski definition) is 6. The van der Waals surface area contributed by atoms with Gasteiger partial charge in [0.05, 0.1) is 72.7 Å². The van der Waals surface area contributed by atoms with E-state index in [9.17, 15) is 0 Å². The van der Waals surface area contributed by atoms with Crippen LogP contribution >= 0.6 is 0 Å². The Morgan fingerprint density at radius 2 is 1.15 bits per heavy atom. The van der Waals surface area contributed by atoms with E-state index in [0.717, 1.165) is 16.7 Å². The first-order chi connectivity index (χ1) is 12.7.